The molecule has 31 heavy (non-hydrogen) atoms. The maximum atomic E-state index is 12.4. The van der Waals surface area contributed by atoms with Gasteiger partial charge in [-0.3, -0.25) is 4.79 Å². The van der Waals surface area contributed by atoms with Gasteiger partial charge in [0, 0.05) is 26.6 Å². The van der Waals surface area contributed by atoms with Gasteiger partial charge in [-0.1, -0.05) is 18.6 Å². The monoisotopic (exact) mass is 438 g/mol. The lowest BCUT2D eigenvalue weighted by molar-refractivity contribution is -0.120. The molecule has 1 saturated carbocycles. The van der Waals surface area contributed by atoms with Crippen molar-refractivity contribution < 1.29 is 28.5 Å². The zero-order chi connectivity index (χ0) is 22.6. The minimum atomic E-state index is -0.455. The number of hydrogen-bond donors (Lipinski definition) is 2. The molecule has 6 atom stereocenters. The molecular weight excluding hydrogens is 400 g/mol. The van der Waals surface area contributed by atoms with Crippen molar-refractivity contribution in [1.29, 1.82) is 0 Å². The standard InChI is InChI=1S/C23H38N2O6/c1-6-18(26)24-12-7-13-25-21(27)30-16-10-11-23(14-29-23)20(19(16)28-5)22(4)17(31-22)9-8-15(2)3/h8,16-17,19-20H,6-7,9-14H2,1-5H3,(H,24,26)(H,25,27)/t16?,17-,19?,20?,22-,23+/m1/s1. The van der Waals surface area contributed by atoms with Crippen LogP contribution in [-0.2, 0) is 23.7 Å². The highest BCUT2D eigenvalue weighted by Crippen LogP contribution is 2.59. The second-order valence-electron chi connectivity index (χ2n) is 9.31. The molecule has 0 radical (unpaired) electrons. The summed E-state index contributed by atoms with van der Waals surface area (Å²) in [4.78, 5) is 23.6. The van der Waals surface area contributed by atoms with E-state index >= 15 is 0 Å². The molecule has 0 aromatic rings. The first-order valence-electron chi connectivity index (χ1n) is 11.4. The van der Waals surface area contributed by atoms with E-state index in [0.29, 0.717) is 39.0 Å². The minimum Gasteiger partial charge on any atom is -0.443 e. The zero-order valence-corrected chi connectivity index (χ0v) is 19.5. The van der Waals surface area contributed by atoms with E-state index < -0.39 is 6.09 Å². The van der Waals surface area contributed by atoms with Crippen LogP contribution in [0.15, 0.2) is 11.6 Å². The second-order valence-corrected chi connectivity index (χ2v) is 9.31. The smallest absolute Gasteiger partial charge is 0.407 e. The van der Waals surface area contributed by atoms with Gasteiger partial charge in [0.25, 0.3) is 0 Å². The third-order valence-corrected chi connectivity index (χ3v) is 6.76. The van der Waals surface area contributed by atoms with E-state index in [0.717, 1.165) is 12.8 Å². The minimum absolute atomic E-state index is 0.00802. The summed E-state index contributed by atoms with van der Waals surface area (Å²) >= 11 is 0. The van der Waals surface area contributed by atoms with Crippen molar-refractivity contribution >= 4 is 12.0 Å². The fourth-order valence-corrected chi connectivity index (χ4v) is 4.88. The van der Waals surface area contributed by atoms with Gasteiger partial charge in [-0.25, -0.2) is 4.79 Å². The fourth-order valence-electron chi connectivity index (χ4n) is 4.88. The van der Waals surface area contributed by atoms with Gasteiger partial charge >= 0.3 is 6.09 Å². The third-order valence-electron chi connectivity index (χ3n) is 6.76. The van der Waals surface area contributed by atoms with Gasteiger partial charge in [0.15, 0.2) is 0 Å². The molecular formula is C23H38N2O6. The van der Waals surface area contributed by atoms with E-state index in [9.17, 15) is 9.59 Å². The van der Waals surface area contributed by atoms with E-state index in [-0.39, 0.29) is 41.3 Å². The summed E-state index contributed by atoms with van der Waals surface area (Å²) in [6, 6.07) is 0. The highest BCUT2D eigenvalue weighted by atomic mass is 16.6. The van der Waals surface area contributed by atoms with Crippen LogP contribution < -0.4 is 10.6 Å². The Labute approximate surface area is 185 Å². The lowest BCUT2D eigenvalue weighted by Crippen LogP contribution is -2.56. The first kappa shape index (κ1) is 24.0. The van der Waals surface area contributed by atoms with Gasteiger partial charge in [-0.15, -0.1) is 0 Å². The van der Waals surface area contributed by atoms with Gasteiger partial charge < -0.3 is 29.6 Å². The maximum absolute atomic E-state index is 12.4. The number of methoxy groups -OCH3 is 1. The maximum Gasteiger partial charge on any atom is 0.407 e. The lowest BCUT2D eigenvalue weighted by Gasteiger charge is -2.42. The van der Waals surface area contributed by atoms with Gasteiger partial charge in [0.2, 0.25) is 5.91 Å². The SMILES string of the molecule is CCC(=O)NCCCNC(=O)OC1CC[C@]2(CO2)C([C@]2(C)O[C@@H]2CC=C(C)C)C1OC. The second kappa shape index (κ2) is 9.88. The predicted molar refractivity (Wildman–Crippen MR) is 116 cm³/mol. The third kappa shape index (κ3) is 5.59. The van der Waals surface area contributed by atoms with Crippen LogP contribution in [0.3, 0.4) is 0 Å². The molecule has 3 fully saturated rings. The van der Waals surface area contributed by atoms with Crippen LogP contribution >= 0.6 is 0 Å². The Hall–Kier alpha value is -1.64. The summed E-state index contributed by atoms with van der Waals surface area (Å²) in [5.41, 5.74) is 0.691. The van der Waals surface area contributed by atoms with Crippen molar-refractivity contribution in [3.8, 4) is 0 Å². The number of hydrogen-bond acceptors (Lipinski definition) is 6. The topological polar surface area (TPSA) is 102 Å². The lowest BCUT2D eigenvalue weighted by atomic mass is 9.68. The number of alkyl carbamates (subject to hydrolysis) is 1. The average Bonchev–Trinajstić information content (AvgIpc) is 3.64. The highest BCUT2D eigenvalue weighted by molar-refractivity contribution is 5.75. The number of rotatable bonds is 10. The van der Waals surface area contributed by atoms with Crippen LogP contribution in [-0.4, -0.2) is 68.3 Å². The number of allylic oxidation sites excluding steroid dienone is 1. The van der Waals surface area contributed by atoms with Crippen molar-refractivity contribution in [3.63, 3.8) is 0 Å². The molecule has 0 aromatic carbocycles. The Balaban J connectivity index is 1.54. The number of ether oxygens (including phenoxy) is 4. The van der Waals surface area contributed by atoms with Crippen molar-refractivity contribution in [1.82, 2.24) is 10.6 Å². The normalized spacial score (nSPS) is 35.9. The van der Waals surface area contributed by atoms with Crippen LogP contribution in [0.1, 0.15) is 59.8 Å². The van der Waals surface area contributed by atoms with Gasteiger partial charge in [0.1, 0.15) is 23.4 Å². The van der Waals surface area contributed by atoms with Crippen molar-refractivity contribution in [2.75, 3.05) is 26.8 Å². The Kier molecular flexibility index (Phi) is 7.65. The van der Waals surface area contributed by atoms with Crippen LogP contribution in [0.5, 0.6) is 0 Å². The summed E-state index contributed by atoms with van der Waals surface area (Å²) < 4.78 is 23.8. The Morgan fingerprint density at radius 3 is 2.55 bits per heavy atom. The molecule has 0 bridgehead atoms. The fraction of sp³-hybridized carbons (Fsp3) is 0.826. The van der Waals surface area contributed by atoms with Crippen LogP contribution in [0, 0.1) is 5.92 Å². The summed E-state index contributed by atoms with van der Waals surface area (Å²) in [5.74, 6) is 0.0186. The van der Waals surface area contributed by atoms with Crippen LogP contribution in [0.2, 0.25) is 0 Å². The number of amides is 2. The molecule has 3 rings (SSSR count). The van der Waals surface area contributed by atoms with E-state index in [2.05, 4.69) is 37.5 Å². The Bertz CT molecular complexity index is 688. The molecule has 2 amide bonds. The molecule has 1 spiro atoms. The number of carbonyl (C=O) groups is 2. The molecule has 3 aliphatic rings. The molecule has 0 aromatic heterocycles. The molecule has 2 saturated heterocycles. The predicted octanol–water partition coefficient (Wildman–Crippen LogP) is 2.71. The first-order valence-corrected chi connectivity index (χ1v) is 11.4. The Morgan fingerprint density at radius 1 is 1.23 bits per heavy atom. The highest BCUT2D eigenvalue weighted by Gasteiger charge is 2.72. The zero-order valence-electron chi connectivity index (χ0n) is 19.5. The largest absolute Gasteiger partial charge is 0.443 e. The summed E-state index contributed by atoms with van der Waals surface area (Å²) in [6.07, 6.45) is 4.73. The quantitative estimate of drug-likeness (QED) is 0.309. The molecule has 2 aliphatic heterocycles. The Morgan fingerprint density at radius 2 is 1.94 bits per heavy atom. The molecule has 1 aliphatic carbocycles. The first-order chi connectivity index (χ1) is 14.8. The number of carbonyl (C=O) groups excluding carboxylic acids is 2. The van der Waals surface area contributed by atoms with E-state index in [4.69, 9.17) is 18.9 Å². The van der Waals surface area contributed by atoms with Crippen molar-refractivity contribution in [3.05, 3.63) is 11.6 Å². The molecule has 2 N–H and O–H groups in total. The van der Waals surface area contributed by atoms with E-state index in [1.807, 2.05) is 6.92 Å². The van der Waals surface area contributed by atoms with E-state index in [1.165, 1.54) is 5.57 Å². The van der Waals surface area contributed by atoms with Crippen molar-refractivity contribution in [2.45, 2.75) is 89.3 Å². The van der Waals surface area contributed by atoms with Gasteiger partial charge in [-0.05, 0) is 46.5 Å². The number of nitrogens with one attached hydrogen (secondary N) is 2. The number of epoxide rings is 2. The van der Waals surface area contributed by atoms with Crippen molar-refractivity contribution in [2.24, 2.45) is 5.92 Å². The molecule has 8 heteroatoms. The van der Waals surface area contributed by atoms with Crippen LogP contribution in [0.25, 0.3) is 0 Å². The van der Waals surface area contributed by atoms with Crippen LogP contribution in [0.4, 0.5) is 4.79 Å². The van der Waals surface area contributed by atoms with Gasteiger partial charge in [0.05, 0.1) is 18.6 Å². The van der Waals surface area contributed by atoms with E-state index in [1.54, 1.807) is 7.11 Å². The molecule has 2 heterocycles. The summed E-state index contributed by atoms with van der Waals surface area (Å²) in [5, 5.41) is 5.56. The summed E-state index contributed by atoms with van der Waals surface area (Å²) in [6.45, 7) is 9.78. The summed E-state index contributed by atoms with van der Waals surface area (Å²) in [7, 11) is 1.67. The average molecular weight is 439 g/mol. The molecule has 3 unspecified atom stereocenters. The van der Waals surface area contributed by atoms with Gasteiger partial charge in [-0.2, -0.15) is 0 Å². The molecule has 176 valence electrons. The molecule has 8 nitrogen and oxygen atoms in total.